The van der Waals surface area contributed by atoms with E-state index in [-0.39, 0.29) is 18.2 Å². The van der Waals surface area contributed by atoms with Gasteiger partial charge in [-0.05, 0) is 12.1 Å². The van der Waals surface area contributed by atoms with Crippen molar-refractivity contribution in [3.8, 4) is 0 Å². The van der Waals surface area contributed by atoms with Crippen molar-refractivity contribution in [2.24, 2.45) is 0 Å². The molecule has 0 aliphatic carbocycles. The van der Waals surface area contributed by atoms with Crippen molar-refractivity contribution >= 4 is 11.8 Å². The number of aliphatic hydroxyl groups is 1. The summed E-state index contributed by atoms with van der Waals surface area (Å²) in [6, 6.07) is 2.50. The first-order chi connectivity index (χ1) is 7.67. The molecule has 1 rings (SSSR count). The molecule has 6 heteroatoms. The number of hydrogen-bond acceptors (Lipinski definition) is 5. The second-order valence-corrected chi connectivity index (χ2v) is 3.21. The first-order valence-electron chi connectivity index (χ1n) is 4.73. The minimum Gasteiger partial charge on any atom is -0.478 e. The normalized spacial score (nSPS) is 12.1. The highest BCUT2D eigenvalue weighted by molar-refractivity contribution is 5.88. The van der Waals surface area contributed by atoms with Crippen molar-refractivity contribution < 1.29 is 19.7 Å². The molecule has 0 bridgehead atoms. The van der Waals surface area contributed by atoms with Gasteiger partial charge < -0.3 is 20.3 Å². The number of pyridine rings is 1. The molecule has 0 aliphatic heterocycles. The van der Waals surface area contributed by atoms with E-state index < -0.39 is 5.97 Å². The van der Waals surface area contributed by atoms with E-state index >= 15 is 0 Å². The number of nitrogens with one attached hydrogen (secondary N) is 1. The molecule has 0 aliphatic rings. The van der Waals surface area contributed by atoms with Crippen molar-refractivity contribution in [2.75, 3.05) is 25.6 Å². The topological polar surface area (TPSA) is 91.7 Å². The number of ether oxygens (including phenoxy) is 1. The van der Waals surface area contributed by atoms with Crippen molar-refractivity contribution in [3.05, 3.63) is 23.9 Å². The van der Waals surface area contributed by atoms with Crippen molar-refractivity contribution in [1.29, 1.82) is 0 Å². The number of aromatic carboxylic acids is 1. The van der Waals surface area contributed by atoms with Crippen LogP contribution in [0.15, 0.2) is 18.3 Å². The molecule has 0 fully saturated rings. The van der Waals surface area contributed by atoms with Crippen LogP contribution in [0, 0.1) is 0 Å². The highest BCUT2D eigenvalue weighted by atomic mass is 16.5. The Balaban J connectivity index is 2.72. The van der Waals surface area contributed by atoms with Gasteiger partial charge in [-0.25, -0.2) is 9.78 Å². The predicted molar refractivity (Wildman–Crippen MR) is 57.6 cm³/mol. The van der Waals surface area contributed by atoms with Gasteiger partial charge in [0.2, 0.25) is 0 Å². The van der Waals surface area contributed by atoms with E-state index in [1.165, 1.54) is 25.4 Å². The Morgan fingerprint density at radius 2 is 2.44 bits per heavy atom. The third kappa shape index (κ3) is 3.48. The molecule has 0 saturated heterocycles. The molecule has 0 aromatic carbocycles. The third-order valence-corrected chi connectivity index (χ3v) is 1.95. The second kappa shape index (κ2) is 6.04. The maximum absolute atomic E-state index is 10.7. The van der Waals surface area contributed by atoms with Gasteiger partial charge in [-0.1, -0.05) is 0 Å². The number of carboxylic acid groups (broad SMARTS) is 1. The number of aliphatic hydroxyl groups excluding tert-OH is 1. The molecule has 16 heavy (non-hydrogen) atoms. The molecule has 0 radical (unpaired) electrons. The number of carboxylic acids is 1. The summed E-state index contributed by atoms with van der Waals surface area (Å²) in [5.74, 6) is -0.617. The van der Waals surface area contributed by atoms with Crippen LogP contribution in [0.5, 0.6) is 0 Å². The van der Waals surface area contributed by atoms with E-state index in [9.17, 15) is 4.79 Å². The number of anilines is 1. The number of rotatable bonds is 6. The van der Waals surface area contributed by atoms with Gasteiger partial charge in [0.1, 0.15) is 5.82 Å². The van der Waals surface area contributed by atoms with E-state index in [0.717, 1.165) is 0 Å². The van der Waals surface area contributed by atoms with Gasteiger partial charge in [0, 0.05) is 13.3 Å². The Labute approximate surface area is 92.9 Å². The quantitative estimate of drug-likeness (QED) is 0.641. The first-order valence-corrected chi connectivity index (χ1v) is 4.73. The van der Waals surface area contributed by atoms with Crippen LogP contribution in [0.2, 0.25) is 0 Å². The SMILES string of the molecule is COCC(CO)Nc1cc(C(=O)O)ccn1. The summed E-state index contributed by atoms with van der Waals surface area (Å²) in [7, 11) is 1.52. The van der Waals surface area contributed by atoms with Crippen molar-refractivity contribution in [2.45, 2.75) is 6.04 Å². The van der Waals surface area contributed by atoms with Crippen LogP contribution >= 0.6 is 0 Å². The molecule has 1 atom stereocenters. The number of hydrogen-bond donors (Lipinski definition) is 3. The van der Waals surface area contributed by atoms with Gasteiger partial charge in [0.05, 0.1) is 24.8 Å². The molecular formula is C10H14N2O4. The lowest BCUT2D eigenvalue weighted by atomic mass is 10.2. The van der Waals surface area contributed by atoms with E-state index in [4.69, 9.17) is 14.9 Å². The van der Waals surface area contributed by atoms with Crippen molar-refractivity contribution in [1.82, 2.24) is 4.98 Å². The zero-order valence-electron chi connectivity index (χ0n) is 8.88. The summed E-state index contributed by atoms with van der Waals surface area (Å²) < 4.78 is 4.88. The monoisotopic (exact) mass is 226 g/mol. The van der Waals surface area contributed by atoms with Crippen molar-refractivity contribution in [3.63, 3.8) is 0 Å². The Morgan fingerprint density at radius 3 is 3.00 bits per heavy atom. The Bertz CT molecular complexity index is 356. The van der Waals surface area contributed by atoms with Gasteiger partial charge in [-0.15, -0.1) is 0 Å². The molecule has 0 amide bonds. The zero-order chi connectivity index (χ0) is 12.0. The molecule has 1 heterocycles. The van der Waals surface area contributed by atoms with Crippen LogP contribution in [0.4, 0.5) is 5.82 Å². The van der Waals surface area contributed by atoms with Gasteiger partial charge in [-0.3, -0.25) is 0 Å². The maximum atomic E-state index is 10.7. The summed E-state index contributed by atoms with van der Waals surface area (Å²) in [4.78, 5) is 14.7. The van der Waals surface area contributed by atoms with Gasteiger partial charge in [0.25, 0.3) is 0 Å². The maximum Gasteiger partial charge on any atom is 0.335 e. The van der Waals surface area contributed by atoms with Crippen LogP contribution < -0.4 is 5.32 Å². The molecule has 0 saturated carbocycles. The largest absolute Gasteiger partial charge is 0.478 e. The smallest absolute Gasteiger partial charge is 0.335 e. The number of methoxy groups -OCH3 is 1. The van der Waals surface area contributed by atoms with Crippen LogP contribution in [-0.2, 0) is 4.74 Å². The molecule has 1 aromatic rings. The van der Waals surface area contributed by atoms with Crippen LogP contribution in [-0.4, -0.2) is 47.5 Å². The molecule has 88 valence electrons. The molecule has 1 aromatic heterocycles. The van der Waals surface area contributed by atoms with Gasteiger partial charge in [-0.2, -0.15) is 0 Å². The summed E-state index contributed by atoms with van der Waals surface area (Å²) in [5.41, 5.74) is 0.145. The molecule has 3 N–H and O–H groups in total. The number of carbonyl (C=O) groups is 1. The minimum absolute atomic E-state index is 0.118. The fourth-order valence-electron chi connectivity index (χ4n) is 1.19. The fraction of sp³-hybridized carbons (Fsp3) is 0.400. The standard InChI is InChI=1S/C10H14N2O4/c1-16-6-8(5-13)12-9-4-7(10(14)15)2-3-11-9/h2-4,8,13H,5-6H2,1H3,(H,11,12)(H,14,15). The lowest BCUT2D eigenvalue weighted by Crippen LogP contribution is -2.29. The highest BCUT2D eigenvalue weighted by Crippen LogP contribution is 2.08. The number of nitrogens with zero attached hydrogens (tertiary/aromatic N) is 1. The average Bonchev–Trinajstić information content (AvgIpc) is 2.29. The van der Waals surface area contributed by atoms with E-state index in [1.807, 2.05) is 0 Å². The zero-order valence-corrected chi connectivity index (χ0v) is 8.88. The number of aromatic nitrogens is 1. The predicted octanol–water partition coefficient (Wildman–Crippen LogP) is 0.199. The Hall–Kier alpha value is -1.66. The Morgan fingerprint density at radius 1 is 1.69 bits per heavy atom. The first kappa shape index (κ1) is 12.4. The minimum atomic E-state index is -1.02. The van der Waals surface area contributed by atoms with Gasteiger partial charge in [0.15, 0.2) is 0 Å². The lowest BCUT2D eigenvalue weighted by Gasteiger charge is -2.15. The summed E-state index contributed by atoms with van der Waals surface area (Å²) in [6.07, 6.45) is 1.40. The summed E-state index contributed by atoms with van der Waals surface area (Å²) in [6.45, 7) is 0.197. The molecular weight excluding hydrogens is 212 g/mol. The van der Waals surface area contributed by atoms with E-state index in [2.05, 4.69) is 10.3 Å². The summed E-state index contributed by atoms with van der Waals surface area (Å²) >= 11 is 0. The fourth-order valence-corrected chi connectivity index (χ4v) is 1.19. The van der Waals surface area contributed by atoms with E-state index in [1.54, 1.807) is 0 Å². The third-order valence-electron chi connectivity index (χ3n) is 1.95. The van der Waals surface area contributed by atoms with Crippen LogP contribution in [0.25, 0.3) is 0 Å². The highest BCUT2D eigenvalue weighted by Gasteiger charge is 2.09. The molecule has 1 unspecified atom stereocenters. The Kier molecular flexibility index (Phi) is 4.68. The van der Waals surface area contributed by atoms with Crippen LogP contribution in [0.1, 0.15) is 10.4 Å². The molecule has 0 spiro atoms. The van der Waals surface area contributed by atoms with Gasteiger partial charge >= 0.3 is 5.97 Å². The second-order valence-electron chi connectivity index (χ2n) is 3.21. The average molecular weight is 226 g/mol. The lowest BCUT2D eigenvalue weighted by molar-refractivity contribution is 0.0697. The summed E-state index contributed by atoms with van der Waals surface area (Å²) in [5, 5.41) is 20.7. The van der Waals surface area contributed by atoms with Crippen LogP contribution in [0.3, 0.4) is 0 Å². The van der Waals surface area contributed by atoms with E-state index in [0.29, 0.717) is 12.4 Å². The molecule has 6 nitrogen and oxygen atoms in total.